The van der Waals surface area contributed by atoms with Gasteiger partial charge in [-0.25, -0.2) is 0 Å². The Kier molecular flexibility index (Phi) is 7.67. The summed E-state index contributed by atoms with van der Waals surface area (Å²) in [6.07, 6.45) is 0. The van der Waals surface area contributed by atoms with Gasteiger partial charge in [0.25, 0.3) is 0 Å². The molecule has 0 saturated heterocycles. The first-order valence-electron chi connectivity index (χ1n) is 9.19. The molecule has 2 aromatic carbocycles. The van der Waals surface area contributed by atoms with Gasteiger partial charge in [-0.15, -0.1) is 0 Å². The SMILES string of the molecule is Cc1ccc(OCCN(C)C(C)C(=O)NCC(C)c2ccccc2)cc1. The van der Waals surface area contributed by atoms with Crippen LogP contribution in [0.3, 0.4) is 0 Å². The quantitative estimate of drug-likeness (QED) is 0.748. The van der Waals surface area contributed by atoms with Gasteiger partial charge in [0.15, 0.2) is 0 Å². The molecule has 2 unspecified atom stereocenters. The number of hydrogen-bond acceptors (Lipinski definition) is 3. The van der Waals surface area contributed by atoms with Gasteiger partial charge in [0.1, 0.15) is 12.4 Å². The summed E-state index contributed by atoms with van der Waals surface area (Å²) in [5, 5.41) is 3.05. The smallest absolute Gasteiger partial charge is 0.237 e. The van der Waals surface area contributed by atoms with Crippen molar-refractivity contribution in [1.29, 1.82) is 0 Å². The van der Waals surface area contributed by atoms with Crippen LogP contribution in [0.5, 0.6) is 5.75 Å². The van der Waals surface area contributed by atoms with E-state index >= 15 is 0 Å². The van der Waals surface area contributed by atoms with E-state index in [1.807, 2.05) is 61.3 Å². The van der Waals surface area contributed by atoms with E-state index in [-0.39, 0.29) is 11.9 Å². The standard InChI is InChI=1S/C22H30N2O2/c1-17-10-12-21(13-11-17)26-15-14-24(4)19(3)22(25)23-16-18(2)20-8-6-5-7-9-20/h5-13,18-19H,14-16H2,1-4H3,(H,23,25). The highest BCUT2D eigenvalue weighted by molar-refractivity contribution is 5.81. The van der Waals surface area contributed by atoms with E-state index in [4.69, 9.17) is 4.74 Å². The lowest BCUT2D eigenvalue weighted by Crippen LogP contribution is -2.45. The maximum atomic E-state index is 12.4. The number of benzene rings is 2. The predicted octanol–water partition coefficient (Wildman–Crippen LogP) is 3.61. The van der Waals surface area contributed by atoms with Gasteiger partial charge < -0.3 is 10.1 Å². The molecule has 0 spiro atoms. The molecular weight excluding hydrogens is 324 g/mol. The molecule has 0 aliphatic rings. The summed E-state index contributed by atoms with van der Waals surface area (Å²) in [5.41, 5.74) is 2.45. The van der Waals surface area contributed by atoms with E-state index in [0.29, 0.717) is 25.6 Å². The Morgan fingerprint density at radius 1 is 1.08 bits per heavy atom. The van der Waals surface area contributed by atoms with Crippen LogP contribution in [-0.4, -0.2) is 43.6 Å². The molecule has 140 valence electrons. The van der Waals surface area contributed by atoms with Crippen LogP contribution in [0, 0.1) is 6.92 Å². The molecule has 4 heteroatoms. The molecule has 0 heterocycles. The van der Waals surface area contributed by atoms with Crippen molar-refractivity contribution < 1.29 is 9.53 Å². The molecule has 2 aromatic rings. The number of nitrogens with one attached hydrogen (secondary N) is 1. The van der Waals surface area contributed by atoms with Crippen LogP contribution in [0.1, 0.15) is 30.9 Å². The summed E-state index contributed by atoms with van der Waals surface area (Å²) in [6, 6.07) is 18.0. The van der Waals surface area contributed by atoms with Crippen LogP contribution in [0.25, 0.3) is 0 Å². The van der Waals surface area contributed by atoms with E-state index < -0.39 is 0 Å². The van der Waals surface area contributed by atoms with Crippen LogP contribution in [0.2, 0.25) is 0 Å². The number of aryl methyl sites for hydroxylation is 1. The van der Waals surface area contributed by atoms with Crippen LogP contribution in [0.15, 0.2) is 54.6 Å². The number of likely N-dealkylation sites (N-methyl/N-ethyl adjacent to an activating group) is 1. The van der Waals surface area contributed by atoms with E-state index in [1.54, 1.807) is 0 Å². The van der Waals surface area contributed by atoms with Crippen molar-refractivity contribution in [2.45, 2.75) is 32.7 Å². The third kappa shape index (κ3) is 6.19. The van der Waals surface area contributed by atoms with Crippen molar-refractivity contribution in [2.24, 2.45) is 0 Å². The maximum Gasteiger partial charge on any atom is 0.237 e. The highest BCUT2D eigenvalue weighted by Crippen LogP contribution is 2.13. The number of nitrogens with zero attached hydrogens (tertiary/aromatic N) is 1. The van der Waals surface area contributed by atoms with Crippen LogP contribution in [-0.2, 0) is 4.79 Å². The minimum atomic E-state index is -0.195. The van der Waals surface area contributed by atoms with Crippen LogP contribution < -0.4 is 10.1 Å². The fraction of sp³-hybridized carbons (Fsp3) is 0.409. The first kappa shape index (κ1) is 20.0. The normalized spacial score (nSPS) is 13.3. The molecule has 1 N–H and O–H groups in total. The topological polar surface area (TPSA) is 41.6 Å². The number of amides is 1. The fourth-order valence-corrected chi connectivity index (χ4v) is 2.64. The second kappa shape index (κ2) is 9.97. The zero-order chi connectivity index (χ0) is 18.9. The number of carbonyl (C=O) groups excluding carboxylic acids is 1. The molecule has 1 amide bonds. The molecule has 0 bridgehead atoms. The molecule has 0 fully saturated rings. The van der Waals surface area contributed by atoms with Gasteiger partial charge in [-0.3, -0.25) is 9.69 Å². The summed E-state index contributed by atoms with van der Waals surface area (Å²) in [7, 11) is 1.95. The van der Waals surface area contributed by atoms with Crippen molar-refractivity contribution in [3.05, 3.63) is 65.7 Å². The van der Waals surface area contributed by atoms with Crippen molar-refractivity contribution >= 4 is 5.91 Å². The molecule has 2 rings (SSSR count). The van der Waals surface area contributed by atoms with E-state index in [0.717, 1.165) is 5.75 Å². The number of rotatable bonds is 9. The van der Waals surface area contributed by atoms with Crippen molar-refractivity contribution in [3.63, 3.8) is 0 Å². The van der Waals surface area contributed by atoms with Crippen LogP contribution >= 0.6 is 0 Å². The lowest BCUT2D eigenvalue weighted by molar-refractivity contribution is -0.125. The summed E-state index contributed by atoms with van der Waals surface area (Å²) in [5.74, 6) is 1.20. The van der Waals surface area contributed by atoms with Gasteiger partial charge >= 0.3 is 0 Å². The summed E-state index contributed by atoms with van der Waals surface area (Å²) in [4.78, 5) is 14.4. The Morgan fingerprint density at radius 2 is 1.73 bits per heavy atom. The van der Waals surface area contributed by atoms with E-state index in [9.17, 15) is 4.79 Å². The molecule has 0 radical (unpaired) electrons. The van der Waals surface area contributed by atoms with Gasteiger partial charge in [-0.1, -0.05) is 55.0 Å². The number of carbonyl (C=O) groups is 1. The summed E-state index contributed by atoms with van der Waals surface area (Å²) in [6.45, 7) is 7.99. The first-order chi connectivity index (χ1) is 12.5. The van der Waals surface area contributed by atoms with Gasteiger partial charge in [0.05, 0.1) is 6.04 Å². The molecular formula is C22H30N2O2. The number of ether oxygens (including phenoxy) is 1. The highest BCUT2D eigenvalue weighted by atomic mass is 16.5. The van der Waals surface area contributed by atoms with Gasteiger partial charge in [0.2, 0.25) is 5.91 Å². The monoisotopic (exact) mass is 354 g/mol. The summed E-state index contributed by atoms with van der Waals surface area (Å²) >= 11 is 0. The maximum absolute atomic E-state index is 12.4. The van der Waals surface area contributed by atoms with Crippen molar-refractivity contribution in [2.75, 3.05) is 26.7 Å². The van der Waals surface area contributed by atoms with Gasteiger partial charge in [0, 0.05) is 13.1 Å². The van der Waals surface area contributed by atoms with Gasteiger partial charge in [-0.2, -0.15) is 0 Å². The second-order valence-corrected chi connectivity index (χ2v) is 6.87. The zero-order valence-corrected chi connectivity index (χ0v) is 16.2. The zero-order valence-electron chi connectivity index (χ0n) is 16.2. The highest BCUT2D eigenvalue weighted by Gasteiger charge is 2.18. The molecule has 0 aromatic heterocycles. The van der Waals surface area contributed by atoms with Crippen LogP contribution in [0.4, 0.5) is 0 Å². The Hall–Kier alpha value is -2.33. The Balaban J connectivity index is 1.71. The Bertz CT molecular complexity index is 670. The van der Waals surface area contributed by atoms with E-state index in [1.165, 1.54) is 11.1 Å². The number of hydrogen-bond donors (Lipinski definition) is 1. The van der Waals surface area contributed by atoms with E-state index in [2.05, 4.69) is 31.3 Å². The Morgan fingerprint density at radius 3 is 2.38 bits per heavy atom. The van der Waals surface area contributed by atoms with Gasteiger partial charge in [-0.05, 0) is 44.5 Å². The van der Waals surface area contributed by atoms with Crippen molar-refractivity contribution in [3.8, 4) is 5.75 Å². The molecule has 2 atom stereocenters. The molecule has 4 nitrogen and oxygen atoms in total. The minimum Gasteiger partial charge on any atom is -0.492 e. The molecule has 0 saturated carbocycles. The third-order valence-corrected chi connectivity index (χ3v) is 4.73. The fourth-order valence-electron chi connectivity index (χ4n) is 2.64. The predicted molar refractivity (Wildman–Crippen MR) is 107 cm³/mol. The average molecular weight is 354 g/mol. The minimum absolute atomic E-state index is 0.0469. The molecule has 0 aliphatic carbocycles. The summed E-state index contributed by atoms with van der Waals surface area (Å²) < 4.78 is 5.74. The largest absolute Gasteiger partial charge is 0.492 e. The first-order valence-corrected chi connectivity index (χ1v) is 9.19. The average Bonchev–Trinajstić information content (AvgIpc) is 2.67. The molecule has 26 heavy (non-hydrogen) atoms. The van der Waals surface area contributed by atoms with Crippen molar-refractivity contribution in [1.82, 2.24) is 10.2 Å². The lowest BCUT2D eigenvalue weighted by atomic mass is 10.0. The lowest BCUT2D eigenvalue weighted by Gasteiger charge is -2.24. The third-order valence-electron chi connectivity index (χ3n) is 4.73. The molecule has 0 aliphatic heterocycles. The Labute approximate surface area is 157 Å². The second-order valence-electron chi connectivity index (χ2n) is 6.87.